The van der Waals surface area contributed by atoms with Gasteiger partial charge < -0.3 is 14.2 Å². The first kappa shape index (κ1) is 14.5. The van der Waals surface area contributed by atoms with Crippen molar-refractivity contribution in [2.75, 3.05) is 19.9 Å². The Kier molecular flexibility index (Phi) is 3.57. The van der Waals surface area contributed by atoms with Crippen LogP contribution in [0.5, 0.6) is 0 Å². The van der Waals surface area contributed by atoms with Crippen LogP contribution in [0.2, 0.25) is 0 Å². The number of hydrogen-bond acceptors (Lipinski definition) is 5. The first-order chi connectivity index (χ1) is 10.4. The lowest BCUT2D eigenvalue weighted by Crippen LogP contribution is -2.28. The quantitative estimate of drug-likeness (QED) is 0.850. The number of ether oxygens (including phenoxy) is 1. The molecule has 0 radical (unpaired) electrons. The maximum atomic E-state index is 12.4. The SMILES string of the molecule is O=C(c1ccc(-c2noc(C(F)(F)F)n2)cc1)N1CCOC1. The van der Waals surface area contributed by atoms with E-state index in [0.717, 1.165) is 0 Å². The van der Waals surface area contributed by atoms with E-state index in [4.69, 9.17) is 4.74 Å². The van der Waals surface area contributed by atoms with Gasteiger partial charge in [0.2, 0.25) is 5.82 Å². The molecule has 0 saturated carbocycles. The van der Waals surface area contributed by atoms with Crippen molar-refractivity contribution in [3.8, 4) is 11.4 Å². The number of carbonyl (C=O) groups is 1. The van der Waals surface area contributed by atoms with E-state index in [2.05, 4.69) is 14.7 Å². The zero-order valence-electron chi connectivity index (χ0n) is 11.1. The van der Waals surface area contributed by atoms with E-state index in [1.165, 1.54) is 29.2 Å². The topological polar surface area (TPSA) is 68.5 Å². The number of carbonyl (C=O) groups excluding carboxylic acids is 1. The Labute approximate surface area is 122 Å². The van der Waals surface area contributed by atoms with Gasteiger partial charge in [0.1, 0.15) is 6.73 Å². The summed E-state index contributed by atoms with van der Waals surface area (Å²) in [5.41, 5.74) is 0.738. The second-order valence-corrected chi connectivity index (χ2v) is 4.60. The molecule has 0 atom stereocenters. The second-order valence-electron chi connectivity index (χ2n) is 4.60. The predicted octanol–water partition coefficient (Wildman–Crippen LogP) is 2.19. The molecule has 0 N–H and O–H groups in total. The van der Waals surface area contributed by atoms with Crippen LogP contribution in [0, 0.1) is 0 Å². The third-order valence-corrected chi connectivity index (χ3v) is 3.10. The number of rotatable bonds is 2. The highest BCUT2D eigenvalue weighted by atomic mass is 19.4. The molecule has 2 heterocycles. The minimum absolute atomic E-state index is 0.184. The normalized spacial score (nSPS) is 15.3. The molecular weight excluding hydrogens is 303 g/mol. The average molecular weight is 313 g/mol. The van der Waals surface area contributed by atoms with Crippen LogP contribution in [0.1, 0.15) is 16.2 Å². The van der Waals surface area contributed by atoms with Gasteiger partial charge in [-0.1, -0.05) is 17.3 Å². The van der Waals surface area contributed by atoms with Crippen molar-refractivity contribution < 1.29 is 27.2 Å². The predicted molar refractivity (Wildman–Crippen MR) is 66.6 cm³/mol. The van der Waals surface area contributed by atoms with Crippen LogP contribution in [0.3, 0.4) is 0 Å². The van der Waals surface area contributed by atoms with Crippen molar-refractivity contribution in [2.45, 2.75) is 6.18 Å². The summed E-state index contributed by atoms with van der Waals surface area (Å²) in [5.74, 6) is -1.79. The molecule has 6 nitrogen and oxygen atoms in total. The van der Waals surface area contributed by atoms with E-state index in [1.54, 1.807) is 0 Å². The van der Waals surface area contributed by atoms with Gasteiger partial charge in [0.25, 0.3) is 5.91 Å². The monoisotopic (exact) mass is 313 g/mol. The van der Waals surface area contributed by atoms with Gasteiger partial charge in [-0.05, 0) is 12.1 Å². The summed E-state index contributed by atoms with van der Waals surface area (Å²) in [6.07, 6.45) is -4.68. The molecule has 1 fully saturated rings. The Balaban J connectivity index is 1.79. The first-order valence-corrected chi connectivity index (χ1v) is 6.33. The number of halogens is 3. The smallest absolute Gasteiger partial charge is 0.359 e. The lowest BCUT2D eigenvalue weighted by molar-refractivity contribution is -0.159. The molecule has 0 aliphatic carbocycles. The molecule has 1 aromatic carbocycles. The number of benzene rings is 1. The van der Waals surface area contributed by atoms with Gasteiger partial charge in [0.05, 0.1) is 6.61 Å². The molecule has 0 spiro atoms. The van der Waals surface area contributed by atoms with Crippen LogP contribution in [0.4, 0.5) is 13.2 Å². The summed E-state index contributed by atoms with van der Waals surface area (Å²) in [7, 11) is 0. The van der Waals surface area contributed by atoms with E-state index in [1.807, 2.05) is 0 Å². The highest BCUT2D eigenvalue weighted by Gasteiger charge is 2.38. The first-order valence-electron chi connectivity index (χ1n) is 6.33. The second kappa shape index (κ2) is 5.41. The average Bonchev–Trinajstić information content (AvgIpc) is 3.17. The molecule has 1 aliphatic rings. The van der Waals surface area contributed by atoms with Gasteiger partial charge in [0, 0.05) is 17.7 Å². The van der Waals surface area contributed by atoms with Gasteiger partial charge in [-0.2, -0.15) is 18.2 Å². The zero-order valence-corrected chi connectivity index (χ0v) is 11.1. The van der Waals surface area contributed by atoms with Crippen molar-refractivity contribution in [1.29, 1.82) is 0 Å². The van der Waals surface area contributed by atoms with Crippen LogP contribution in [0.25, 0.3) is 11.4 Å². The number of nitrogens with zero attached hydrogens (tertiary/aromatic N) is 3. The number of aromatic nitrogens is 2. The molecule has 9 heteroatoms. The largest absolute Gasteiger partial charge is 0.471 e. The van der Waals surface area contributed by atoms with Gasteiger partial charge in [0.15, 0.2) is 0 Å². The zero-order chi connectivity index (χ0) is 15.7. The van der Waals surface area contributed by atoms with E-state index in [-0.39, 0.29) is 18.5 Å². The molecule has 3 rings (SSSR count). The summed E-state index contributed by atoms with van der Waals surface area (Å²) in [6.45, 7) is 1.24. The van der Waals surface area contributed by atoms with Gasteiger partial charge in [-0.3, -0.25) is 4.79 Å². The molecule has 1 saturated heterocycles. The van der Waals surface area contributed by atoms with E-state index >= 15 is 0 Å². The molecule has 116 valence electrons. The third-order valence-electron chi connectivity index (χ3n) is 3.10. The van der Waals surface area contributed by atoms with Crippen LogP contribution in [-0.4, -0.2) is 40.8 Å². The lowest BCUT2D eigenvalue weighted by Gasteiger charge is -2.13. The van der Waals surface area contributed by atoms with Crippen LogP contribution in [-0.2, 0) is 10.9 Å². The number of alkyl halides is 3. The van der Waals surface area contributed by atoms with Crippen molar-refractivity contribution in [1.82, 2.24) is 15.0 Å². The minimum Gasteiger partial charge on any atom is -0.359 e. The molecule has 1 aliphatic heterocycles. The van der Waals surface area contributed by atoms with Gasteiger partial charge in [-0.15, -0.1) is 0 Å². The maximum absolute atomic E-state index is 12.4. The maximum Gasteiger partial charge on any atom is 0.471 e. The van der Waals surface area contributed by atoms with Crippen LogP contribution in [0.15, 0.2) is 28.8 Å². The Hall–Kier alpha value is -2.42. The van der Waals surface area contributed by atoms with Crippen molar-refractivity contribution in [3.05, 3.63) is 35.7 Å². The Morgan fingerprint density at radius 3 is 2.50 bits per heavy atom. The van der Waals surface area contributed by atoms with Crippen LogP contribution >= 0.6 is 0 Å². The van der Waals surface area contributed by atoms with Crippen LogP contribution < -0.4 is 0 Å². The highest BCUT2D eigenvalue weighted by Crippen LogP contribution is 2.29. The summed E-state index contributed by atoms with van der Waals surface area (Å²) in [4.78, 5) is 16.9. The van der Waals surface area contributed by atoms with Crippen molar-refractivity contribution in [3.63, 3.8) is 0 Å². The molecular formula is C13H10F3N3O3. The van der Waals surface area contributed by atoms with E-state index in [9.17, 15) is 18.0 Å². The van der Waals surface area contributed by atoms with E-state index in [0.29, 0.717) is 24.3 Å². The minimum atomic E-state index is -4.68. The fourth-order valence-corrected chi connectivity index (χ4v) is 1.97. The fourth-order valence-electron chi connectivity index (χ4n) is 1.97. The van der Waals surface area contributed by atoms with Gasteiger partial charge in [-0.25, -0.2) is 0 Å². The molecule has 22 heavy (non-hydrogen) atoms. The molecule has 0 unspecified atom stereocenters. The Bertz CT molecular complexity index is 676. The third kappa shape index (κ3) is 2.80. The van der Waals surface area contributed by atoms with Crippen molar-refractivity contribution >= 4 is 5.91 Å². The molecule has 1 amide bonds. The summed E-state index contributed by atoms with van der Waals surface area (Å²) < 4.78 is 46.5. The number of hydrogen-bond donors (Lipinski definition) is 0. The summed E-state index contributed by atoms with van der Waals surface area (Å²) >= 11 is 0. The Morgan fingerprint density at radius 1 is 1.23 bits per heavy atom. The fraction of sp³-hybridized carbons (Fsp3) is 0.308. The summed E-state index contributed by atoms with van der Waals surface area (Å²) in [5, 5.41) is 3.28. The lowest BCUT2D eigenvalue weighted by atomic mass is 10.1. The highest BCUT2D eigenvalue weighted by molar-refractivity contribution is 5.94. The number of amides is 1. The van der Waals surface area contributed by atoms with Crippen molar-refractivity contribution in [2.24, 2.45) is 0 Å². The Morgan fingerprint density at radius 2 is 1.95 bits per heavy atom. The standard InChI is InChI=1S/C13H10F3N3O3/c14-13(15,16)12-17-10(18-22-12)8-1-3-9(4-2-8)11(20)19-5-6-21-7-19/h1-4H,5-7H2. The van der Waals surface area contributed by atoms with Gasteiger partial charge >= 0.3 is 12.1 Å². The molecule has 1 aromatic heterocycles. The molecule has 0 bridgehead atoms. The van der Waals surface area contributed by atoms with E-state index < -0.39 is 12.1 Å². The molecule has 2 aromatic rings. The summed E-state index contributed by atoms with van der Waals surface area (Å²) in [6, 6.07) is 5.93.